The second-order valence-electron chi connectivity index (χ2n) is 11.4. The lowest BCUT2D eigenvalue weighted by molar-refractivity contribution is 0.0540. The fourth-order valence-corrected chi connectivity index (χ4v) is 5.16. The van der Waals surface area contributed by atoms with Crippen molar-refractivity contribution in [2.75, 3.05) is 17.3 Å². The first-order chi connectivity index (χ1) is 21.5. The number of nitrogens with zero attached hydrogens (tertiary/aromatic N) is 4. The Hall–Kier alpha value is -5.71. The van der Waals surface area contributed by atoms with Crippen molar-refractivity contribution in [2.45, 2.75) is 39.8 Å². The quantitative estimate of drug-likeness (QED) is 0.239. The topological polar surface area (TPSA) is 125 Å². The zero-order valence-corrected chi connectivity index (χ0v) is 25.5. The first-order valence-electron chi connectivity index (χ1n) is 14.3. The number of aryl methyl sites for hydroxylation is 1. The van der Waals surface area contributed by atoms with E-state index in [4.69, 9.17) is 14.2 Å². The number of imidazole rings is 1. The number of rotatable bonds is 4. The van der Waals surface area contributed by atoms with Crippen molar-refractivity contribution in [1.29, 1.82) is 0 Å². The summed E-state index contributed by atoms with van der Waals surface area (Å²) >= 11 is 0. The van der Waals surface area contributed by atoms with Gasteiger partial charge in [0.2, 0.25) is 5.88 Å². The fourth-order valence-electron chi connectivity index (χ4n) is 5.16. The van der Waals surface area contributed by atoms with Crippen LogP contribution in [0.1, 0.15) is 52.9 Å². The molecular formula is C34H31N5O6. The van der Waals surface area contributed by atoms with Crippen molar-refractivity contribution in [3.8, 4) is 17.4 Å². The zero-order valence-electron chi connectivity index (χ0n) is 25.5. The molecule has 2 amide bonds. The van der Waals surface area contributed by atoms with Crippen molar-refractivity contribution in [3.63, 3.8) is 0 Å². The number of anilines is 2. The summed E-state index contributed by atoms with van der Waals surface area (Å²) in [6, 6.07) is 20.7. The normalized spacial score (nSPS) is 12.4. The lowest BCUT2D eigenvalue weighted by Crippen LogP contribution is -2.30. The van der Waals surface area contributed by atoms with Gasteiger partial charge in [-0.1, -0.05) is 24.3 Å². The molecule has 0 saturated carbocycles. The minimum Gasteiger partial charge on any atom is -0.496 e. The number of methoxy groups -OCH3 is 1. The smallest absolute Gasteiger partial charge is 0.420 e. The van der Waals surface area contributed by atoms with Gasteiger partial charge in [0, 0.05) is 17.3 Å². The van der Waals surface area contributed by atoms with Crippen molar-refractivity contribution in [1.82, 2.24) is 14.5 Å². The van der Waals surface area contributed by atoms with Crippen LogP contribution in [0.2, 0.25) is 0 Å². The predicted octanol–water partition coefficient (Wildman–Crippen LogP) is 6.74. The molecule has 2 aromatic heterocycles. The molecule has 45 heavy (non-hydrogen) atoms. The summed E-state index contributed by atoms with van der Waals surface area (Å²) in [5.74, 6) is 0.788. The lowest BCUT2D eigenvalue weighted by Gasteiger charge is -2.22. The molecule has 0 saturated heterocycles. The molecule has 1 N–H and O–H groups in total. The number of nitrogens with one attached hydrogen (secondary N) is 1. The highest BCUT2D eigenvalue weighted by atomic mass is 16.6. The first-order valence-corrected chi connectivity index (χ1v) is 14.3. The Kier molecular flexibility index (Phi) is 7.45. The van der Waals surface area contributed by atoms with Crippen LogP contribution in [0.5, 0.6) is 17.4 Å². The van der Waals surface area contributed by atoms with Gasteiger partial charge < -0.3 is 24.4 Å². The highest BCUT2D eigenvalue weighted by molar-refractivity contribution is 6.12. The van der Waals surface area contributed by atoms with Gasteiger partial charge in [-0.2, -0.15) is 0 Å². The molecule has 0 atom stereocenters. The molecule has 1 aliphatic rings. The number of para-hydroxylation sites is 3. The molecule has 0 radical (unpaired) electrons. The molecule has 0 spiro atoms. The van der Waals surface area contributed by atoms with E-state index >= 15 is 0 Å². The SMILES string of the molecule is COc1cc(C(=O)N2Cc3cccnc3Oc3ccccc32)ccc1C(=O)Nc1cccc2c1nc(C)n2C(=O)OC(C)(C)C. The maximum absolute atomic E-state index is 13.9. The monoisotopic (exact) mass is 605 g/mol. The van der Waals surface area contributed by atoms with E-state index < -0.39 is 17.6 Å². The molecular weight excluding hydrogens is 574 g/mol. The number of fused-ring (bicyclic) bond motifs is 3. The third-order valence-electron chi connectivity index (χ3n) is 7.16. The van der Waals surface area contributed by atoms with E-state index in [1.165, 1.54) is 17.7 Å². The molecule has 6 rings (SSSR count). The van der Waals surface area contributed by atoms with Gasteiger partial charge in [-0.15, -0.1) is 0 Å². The number of ether oxygens (including phenoxy) is 3. The van der Waals surface area contributed by atoms with Gasteiger partial charge in [-0.3, -0.25) is 9.59 Å². The molecule has 228 valence electrons. The summed E-state index contributed by atoms with van der Waals surface area (Å²) < 4.78 is 18.5. The van der Waals surface area contributed by atoms with Crippen molar-refractivity contribution < 1.29 is 28.6 Å². The minimum atomic E-state index is -0.692. The third-order valence-corrected chi connectivity index (χ3v) is 7.16. The average molecular weight is 606 g/mol. The van der Waals surface area contributed by atoms with Crippen LogP contribution in [0.3, 0.4) is 0 Å². The molecule has 3 heterocycles. The van der Waals surface area contributed by atoms with Gasteiger partial charge in [0.05, 0.1) is 36.1 Å². The summed E-state index contributed by atoms with van der Waals surface area (Å²) in [6.45, 7) is 7.29. The molecule has 1 aliphatic heterocycles. The maximum atomic E-state index is 13.9. The summed E-state index contributed by atoms with van der Waals surface area (Å²) in [7, 11) is 1.43. The molecule has 0 aliphatic carbocycles. The van der Waals surface area contributed by atoms with Crippen LogP contribution in [-0.4, -0.2) is 45.2 Å². The van der Waals surface area contributed by atoms with E-state index in [0.717, 1.165) is 5.56 Å². The highest BCUT2D eigenvalue weighted by Gasteiger charge is 2.28. The standard InChI is InChI=1S/C34H31N5O6/c1-20-36-29-24(11-8-13-26(29)39(20)33(42)45-34(2,3)4)37-30(40)23-16-15-21(18-28(23)43-5)32(41)38-19-22-10-9-17-35-31(22)44-27-14-7-6-12-25(27)38/h6-18H,19H2,1-5H3,(H,37,40). The summed E-state index contributed by atoms with van der Waals surface area (Å²) in [6.07, 6.45) is 1.08. The van der Waals surface area contributed by atoms with Gasteiger partial charge in [-0.05, 0) is 76.2 Å². The number of aromatic nitrogens is 3. The molecule has 0 bridgehead atoms. The van der Waals surface area contributed by atoms with Crippen LogP contribution in [0.4, 0.5) is 16.2 Å². The molecule has 11 nitrogen and oxygen atoms in total. The van der Waals surface area contributed by atoms with Crippen LogP contribution in [0, 0.1) is 6.92 Å². The Morgan fingerprint density at radius 1 is 0.978 bits per heavy atom. The number of carbonyl (C=O) groups is 3. The van der Waals surface area contributed by atoms with Crippen molar-refractivity contribution in [3.05, 3.63) is 102 Å². The highest BCUT2D eigenvalue weighted by Crippen LogP contribution is 2.38. The van der Waals surface area contributed by atoms with Crippen molar-refractivity contribution >= 4 is 40.3 Å². The molecule has 0 unspecified atom stereocenters. The number of hydrogen-bond donors (Lipinski definition) is 1. The lowest BCUT2D eigenvalue weighted by atomic mass is 10.1. The van der Waals surface area contributed by atoms with Gasteiger partial charge >= 0.3 is 6.09 Å². The van der Waals surface area contributed by atoms with E-state index in [1.807, 2.05) is 24.3 Å². The Labute approximate surface area is 259 Å². The van der Waals surface area contributed by atoms with E-state index in [0.29, 0.717) is 45.4 Å². The van der Waals surface area contributed by atoms with Gasteiger partial charge in [0.25, 0.3) is 11.8 Å². The largest absolute Gasteiger partial charge is 0.496 e. The Balaban J connectivity index is 1.29. The fraction of sp³-hybridized carbons (Fsp3) is 0.206. The van der Waals surface area contributed by atoms with E-state index in [-0.39, 0.29) is 23.8 Å². The Morgan fingerprint density at radius 2 is 1.78 bits per heavy atom. The van der Waals surface area contributed by atoms with Crippen LogP contribution in [0.25, 0.3) is 11.0 Å². The van der Waals surface area contributed by atoms with Crippen LogP contribution in [0.15, 0.2) is 79.0 Å². The second kappa shape index (κ2) is 11.4. The van der Waals surface area contributed by atoms with Crippen LogP contribution in [-0.2, 0) is 11.3 Å². The maximum Gasteiger partial charge on any atom is 0.420 e. The molecule has 11 heteroatoms. The number of carbonyl (C=O) groups excluding carboxylic acids is 3. The molecule has 5 aromatic rings. The number of pyridine rings is 1. The Morgan fingerprint density at radius 3 is 2.56 bits per heavy atom. The average Bonchev–Trinajstić information content (AvgIpc) is 3.26. The third kappa shape index (κ3) is 5.67. The summed E-state index contributed by atoms with van der Waals surface area (Å²) in [4.78, 5) is 50.9. The molecule has 0 fully saturated rings. The van der Waals surface area contributed by atoms with Crippen LogP contribution >= 0.6 is 0 Å². The second-order valence-corrected chi connectivity index (χ2v) is 11.4. The van der Waals surface area contributed by atoms with Crippen LogP contribution < -0.4 is 19.7 Å². The zero-order chi connectivity index (χ0) is 31.9. The van der Waals surface area contributed by atoms with Gasteiger partial charge in [-0.25, -0.2) is 19.3 Å². The summed E-state index contributed by atoms with van der Waals surface area (Å²) in [5, 5.41) is 2.88. The predicted molar refractivity (Wildman–Crippen MR) is 168 cm³/mol. The summed E-state index contributed by atoms with van der Waals surface area (Å²) in [5.41, 5.74) is 2.51. The minimum absolute atomic E-state index is 0.211. The van der Waals surface area contributed by atoms with E-state index in [1.54, 1.807) is 81.3 Å². The number of amides is 2. The number of benzene rings is 3. The van der Waals surface area contributed by atoms with E-state index in [2.05, 4.69) is 15.3 Å². The Bertz CT molecular complexity index is 1980. The van der Waals surface area contributed by atoms with Gasteiger partial charge in [0.15, 0.2) is 5.75 Å². The first kappa shape index (κ1) is 29.4. The van der Waals surface area contributed by atoms with E-state index in [9.17, 15) is 14.4 Å². The van der Waals surface area contributed by atoms with Crippen molar-refractivity contribution in [2.24, 2.45) is 0 Å². The molecule has 3 aromatic carbocycles. The van der Waals surface area contributed by atoms with Gasteiger partial charge in [0.1, 0.15) is 22.7 Å². The number of hydrogen-bond acceptors (Lipinski definition) is 8.